The third kappa shape index (κ3) is 3.56. The van der Waals surface area contributed by atoms with E-state index < -0.39 is 17.6 Å². The molecule has 0 aliphatic heterocycles. The monoisotopic (exact) mass is 301 g/mol. The lowest BCUT2D eigenvalue weighted by Gasteiger charge is -2.12. The molecule has 0 bridgehead atoms. The minimum Gasteiger partial charge on any atom is -0.508 e. The van der Waals surface area contributed by atoms with Crippen LogP contribution in [0, 0.1) is 5.82 Å². The fourth-order valence-corrected chi connectivity index (χ4v) is 1.73. The molecule has 0 aliphatic rings. The Morgan fingerprint density at radius 2 is 1.71 bits per heavy atom. The maximum atomic E-state index is 13.5. The van der Waals surface area contributed by atoms with E-state index in [1.165, 1.54) is 12.1 Å². The molecule has 0 amide bonds. The van der Waals surface area contributed by atoms with Crippen molar-refractivity contribution < 1.29 is 27.8 Å². The van der Waals surface area contributed by atoms with E-state index in [1.54, 1.807) is 0 Å². The molecule has 3 N–H and O–H groups in total. The number of anilines is 1. The third-order valence-corrected chi connectivity index (χ3v) is 2.83. The zero-order chi connectivity index (χ0) is 15.6. The first-order chi connectivity index (χ1) is 9.77. The molecule has 0 saturated carbocycles. The second kappa shape index (κ2) is 5.51. The normalized spacial score (nSPS) is 11.4. The van der Waals surface area contributed by atoms with Gasteiger partial charge in [0.25, 0.3) is 0 Å². The number of halogens is 4. The molecule has 0 atom stereocenters. The van der Waals surface area contributed by atoms with Gasteiger partial charge in [-0.1, -0.05) is 0 Å². The largest absolute Gasteiger partial charge is 0.508 e. The minimum atomic E-state index is -4.56. The van der Waals surface area contributed by atoms with Crippen molar-refractivity contribution in [2.24, 2.45) is 0 Å². The molecule has 2 aromatic carbocycles. The van der Waals surface area contributed by atoms with Crippen LogP contribution >= 0.6 is 0 Å². The number of benzene rings is 2. The summed E-state index contributed by atoms with van der Waals surface area (Å²) >= 11 is 0. The number of phenols is 2. The zero-order valence-electron chi connectivity index (χ0n) is 10.6. The van der Waals surface area contributed by atoms with Crippen LogP contribution in [0.15, 0.2) is 36.4 Å². The van der Waals surface area contributed by atoms with E-state index in [9.17, 15) is 22.7 Å². The molecular formula is C14H11F4NO2. The van der Waals surface area contributed by atoms with Gasteiger partial charge in [-0.2, -0.15) is 13.2 Å². The number of alkyl halides is 3. The van der Waals surface area contributed by atoms with E-state index in [0.29, 0.717) is 17.7 Å². The van der Waals surface area contributed by atoms with Crippen molar-refractivity contribution in [3.63, 3.8) is 0 Å². The topological polar surface area (TPSA) is 52.5 Å². The molecule has 21 heavy (non-hydrogen) atoms. The van der Waals surface area contributed by atoms with Crippen molar-refractivity contribution in [3.05, 3.63) is 53.3 Å². The summed E-state index contributed by atoms with van der Waals surface area (Å²) in [4.78, 5) is 0. The number of hydrogen-bond acceptors (Lipinski definition) is 3. The molecule has 3 nitrogen and oxygen atoms in total. The Balaban J connectivity index is 2.19. The van der Waals surface area contributed by atoms with Crippen molar-refractivity contribution in [1.29, 1.82) is 0 Å². The fraction of sp³-hybridized carbons (Fsp3) is 0.143. The molecule has 2 aromatic rings. The average Bonchev–Trinajstić information content (AvgIpc) is 2.38. The lowest BCUT2D eigenvalue weighted by Crippen LogP contribution is -2.08. The molecule has 0 aromatic heterocycles. The SMILES string of the molecule is Oc1ccc(CNc2cc(C(F)(F)F)ccc2F)c(O)c1. The third-order valence-electron chi connectivity index (χ3n) is 2.83. The van der Waals surface area contributed by atoms with Gasteiger partial charge >= 0.3 is 6.18 Å². The Bertz CT molecular complexity index is 656. The number of nitrogens with one attached hydrogen (secondary N) is 1. The maximum Gasteiger partial charge on any atom is 0.416 e. The highest BCUT2D eigenvalue weighted by Gasteiger charge is 2.31. The van der Waals surface area contributed by atoms with E-state index in [-0.39, 0.29) is 23.7 Å². The summed E-state index contributed by atoms with van der Waals surface area (Å²) in [7, 11) is 0. The Kier molecular flexibility index (Phi) is 3.93. The Labute approximate surface area is 117 Å². The molecule has 0 saturated heterocycles. The van der Waals surface area contributed by atoms with Crippen molar-refractivity contribution >= 4 is 5.69 Å². The minimum absolute atomic E-state index is 0.0929. The number of phenolic OH excluding ortho intramolecular Hbond substituents is 2. The van der Waals surface area contributed by atoms with E-state index in [0.717, 1.165) is 12.1 Å². The summed E-state index contributed by atoms with van der Waals surface area (Å²) in [5, 5.41) is 21.2. The number of hydrogen-bond donors (Lipinski definition) is 3. The molecule has 0 unspecified atom stereocenters. The highest BCUT2D eigenvalue weighted by atomic mass is 19.4. The first-order valence-electron chi connectivity index (χ1n) is 5.89. The lowest BCUT2D eigenvalue weighted by atomic mass is 10.1. The van der Waals surface area contributed by atoms with E-state index in [1.807, 2.05) is 0 Å². The van der Waals surface area contributed by atoms with Gasteiger partial charge in [0.15, 0.2) is 0 Å². The molecule has 0 radical (unpaired) electrons. The fourth-order valence-electron chi connectivity index (χ4n) is 1.73. The average molecular weight is 301 g/mol. The first kappa shape index (κ1) is 15.0. The number of aromatic hydroxyl groups is 2. The summed E-state index contributed by atoms with van der Waals surface area (Å²) in [6.07, 6.45) is -4.56. The summed E-state index contributed by atoms with van der Waals surface area (Å²) in [5.74, 6) is -1.22. The van der Waals surface area contributed by atoms with Crippen molar-refractivity contribution in [3.8, 4) is 11.5 Å². The Hall–Kier alpha value is -2.44. The van der Waals surface area contributed by atoms with Gasteiger partial charge < -0.3 is 15.5 Å². The maximum absolute atomic E-state index is 13.5. The van der Waals surface area contributed by atoms with Crippen LogP contribution in [0.25, 0.3) is 0 Å². The Morgan fingerprint density at radius 3 is 2.33 bits per heavy atom. The standard InChI is InChI=1S/C14H11F4NO2/c15-11-4-2-9(14(16,17)18)5-12(11)19-7-8-1-3-10(20)6-13(8)21/h1-6,19-21H,7H2. The first-order valence-corrected chi connectivity index (χ1v) is 5.89. The van der Waals surface area contributed by atoms with Gasteiger partial charge in [0.1, 0.15) is 17.3 Å². The lowest BCUT2D eigenvalue weighted by molar-refractivity contribution is -0.137. The summed E-state index contributed by atoms with van der Waals surface area (Å²) in [6.45, 7) is -0.0929. The smallest absolute Gasteiger partial charge is 0.416 e. The highest BCUT2D eigenvalue weighted by molar-refractivity contribution is 5.50. The molecule has 0 spiro atoms. The second-order valence-electron chi connectivity index (χ2n) is 4.36. The van der Waals surface area contributed by atoms with Gasteiger partial charge in [-0.3, -0.25) is 0 Å². The quantitative estimate of drug-likeness (QED) is 0.754. The molecule has 0 aliphatic carbocycles. The van der Waals surface area contributed by atoms with E-state index in [2.05, 4.69) is 5.32 Å². The van der Waals surface area contributed by atoms with Crippen LogP contribution in [0.3, 0.4) is 0 Å². The van der Waals surface area contributed by atoms with Gasteiger partial charge in [0.2, 0.25) is 0 Å². The highest BCUT2D eigenvalue weighted by Crippen LogP contribution is 2.32. The molecule has 2 rings (SSSR count). The molecule has 0 heterocycles. The predicted octanol–water partition coefficient (Wildman–Crippen LogP) is 3.87. The van der Waals surface area contributed by atoms with E-state index >= 15 is 0 Å². The van der Waals surface area contributed by atoms with Crippen LogP contribution in [0.1, 0.15) is 11.1 Å². The van der Waals surface area contributed by atoms with Crippen LogP contribution in [0.4, 0.5) is 23.2 Å². The van der Waals surface area contributed by atoms with Crippen LogP contribution in [0.5, 0.6) is 11.5 Å². The molecule has 112 valence electrons. The molecular weight excluding hydrogens is 290 g/mol. The van der Waals surface area contributed by atoms with Gasteiger partial charge in [0, 0.05) is 18.2 Å². The zero-order valence-corrected chi connectivity index (χ0v) is 10.6. The predicted molar refractivity (Wildman–Crippen MR) is 68.5 cm³/mol. The van der Waals surface area contributed by atoms with Gasteiger partial charge in [-0.15, -0.1) is 0 Å². The Morgan fingerprint density at radius 1 is 1.00 bits per heavy atom. The van der Waals surface area contributed by atoms with Gasteiger partial charge in [0.05, 0.1) is 11.3 Å². The van der Waals surface area contributed by atoms with Crippen molar-refractivity contribution in [2.75, 3.05) is 5.32 Å². The number of rotatable bonds is 3. The summed E-state index contributed by atoms with van der Waals surface area (Å²) in [6, 6.07) is 5.80. The summed E-state index contributed by atoms with van der Waals surface area (Å²) in [5.41, 5.74) is -0.983. The summed E-state index contributed by atoms with van der Waals surface area (Å²) < 4.78 is 51.2. The van der Waals surface area contributed by atoms with Crippen molar-refractivity contribution in [1.82, 2.24) is 0 Å². The van der Waals surface area contributed by atoms with Crippen LogP contribution in [0.2, 0.25) is 0 Å². The second-order valence-corrected chi connectivity index (χ2v) is 4.36. The van der Waals surface area contributed by atoms with Crippen molar-refractivity contribution in [2.45, 2.75) is 12.7 Å². The van der Waals surface area contributed by atoms with Gasteiger partial charge in [-0.25, -0.2) is 4.39 Å². The molecule has 0 fully saturated rings. The van der Waals surface area contributed by atoms with Crippen LogP contribution in [-0.2, 0) is 12.7 Å². The van der Waals surface area contributed by atoms with Gasteiger partial charge in [-0.05, 0) is 30.3 Å². The molecule has 7 heteroatoms. The van der Waals surface area contributed by atoms with Crippen LogP contribution in [-0.4, -0.2) is 10.2 Å². The van der Waals surface area contributed by atoms with Crippen LogP contribution < -0.4 is 5.32 Å². The van der Waals surface area contributed by atoms with E-state index in [4.69, 9.17) is 5.11 Å².